The van der Waals surface area contributed by atoms with Gasteiger partial charge in [0.2, 0.25) is 0 Å². The van der Waals surface area contributed by atoms with Gasteiger partial charge in [-0.3, -0.25) is 9.80 Å². The van der Waals surface area contributed by atoms with E-state index in [1.54, 1.807) is 7.11 Å². The first-order valence-electron chi connectivity index (χ1n) is 9.36. The Bertz CT molecular complexity index is 846. The summed E-state index contributed by atoms with van der Waals surface area (Å²) in [6, 6.07) is 23.8. The van der Waals surface area contributed by atoms with E-state index < -0.39 is 0 Å². The summed E-state index contributed by atoms with van der Waals surface area (Å²) in [5.41, 5.74) is 2.79. The normalized spacial score (nSPS) is 16.0. The molecule has 0 saturated carbocycles. The highest BCUT2D eigenvalue weighted by molar-refractivity contribution is 5.85. The van der Waals surface area contributed by atoms with E-state index in [1.807, 2.05) is 12.1 Å². The van der Waals surface area contributed by atoms with Crippen LogP contribution in [0.1, 0.15) is 11.1 Å². The van der Waals surface area contributed by atoms with Crippen LogP contribution >= 0.6 is 0 Å². The quantitative estimate of drug-likeness (QED) is 0.690. The lowest BCUT2D eigenvalue weighted by Gasteiger charge is -2.35. The zero-order valence-electron chi connectivity index (χ0n) is 15.4. The number of ether oxygens (including phenoxy) is 1. The first-order chi connectivity index (χ1) is 12.8. The number of benzene rings is 3. The van der Waals surface area contributed by atoms with Crippen LogP contribution in [0.5, 0.6) is 5.75 Å². The summed E-state index contributed by atoms with van der Waals surface area (Å²) >= 11 is 0. The van der Waals surface area contributed by atoms with Crippen molar-refractivity contribution in [3.63, 3.8) is 0 Å². The molecule has 1 saturated heterocycles. The zero-order valence-corrected chi connectivity index (χ0v) is 15.4. The van der Waals surface area contributed by atoms with Crippen LogP contribution in [0.4, 0.5) is 0 Å². The van der Waals surface area contributed by atoms with Gasteiger partial charge in [0.05, 0.1) is 7.11 Å². The molecule has 0 radical (unpaired) electrons. The largest absolute Gasteiger partial charge is 0.497 e. The van der Waals surface area contributed by atoms with E-state index in [4.69, 9.17) is 4.74 Å². The average Bonchev–Trinajstić information content (AvgIpc) is 2.70. The summed E-state index contributed by atoms with van der Waals surface area (Å²) in [6.45, 7) is 6.55. The molecule has 1 fully saturated rings. The van der Waals surface area contributed by atoms with Gasteiger partial charge in [0.1, 0.15) is 5.75 Å². The van der Waals surface area contributed by atoms with E-state index in [1.165, 1.54) is 21.9 Å². The molecule has 0 amide bonds. The van der Waals surface area contributed by atoms with Crippen molar-refractivity contribution in [1.82, 2.24) is 9.80 Å². The Morgan fingerprint density at radius 1 is 0.731 bits per heavy atom. The fourth-order valence-electron chi connectivity index (χ4n) is 3.77. The van der Waals surface area contributed by atoms with Crippen molar-refractivity contribution in [1.29, 1.82) is 0 Å². The second kappa shape index (κ2) is 7.90. The molecule has 3 aromatic carbocycles. The van der Waals surface area contributed by atoms with Crippen molar-refractivity contribution in [2.45, 2.75) is 13.1 Å². The monoisotopic (exact) mass is 346 g/mol. The van der Waals surface area contributed by atoms with Gasteiger partial charge in [0, 0.05) is 39.3 Å². The maximum Gasteiger partial charge on any atom is 0.118 e. The van der Waals surface area contributed by atoms with Crippen molar-refractivity contribution in [3.05, 3.63) is 77.9 Å². The number of nitrogens with zero attached hydrogens (tertiary/aromatic N) is 2. The van der Waals surface area contributed by atoms with E-state index in [2.05, 4.69) is 64.4 Å². The molecule has 3 heteroatoms. The molecule has 26 heavy (non-hydrogen) atoms. The summed E-state index contributed by atoms with van der Waals surface area (Å²) in [7, 11) is 1.71. The minimum Gasteiger partial charge on any atom is -0.497 e. The topological polar surface area (TPSA) is 15.7 Å². The molecule has 3 aromatic rings. The molecule has 1 aliphatic heterocycles. The van der Waals surface area contributed by atoms with Crippen LogP contribution in [-0.4, -0.2) is 43.1 Å². The Morgan fingerprint density at radius 2 is 1.38 bits per heavy atom. The maximum atomic E-state index is 5.24. The molecule has 0 spiro atoms. The van der Waals surface area contributed by atoms with E-state index in [-0.39, 0.29) is 0 Å². The van der Waals surface area contributed by atoms with Gasteiger partial charge in [-0.05, 0) is 34.0 Å². The van der Waals surface area contributed by atoms with Gasteiger partial charge in [-0.2, -0.15) is 0 Å². The predicted molar refractivity (Wildman–Crippen MR) is 107 cm³/mol. The number of hydrogen-bond donors (Lipinski definition) is 0. The number of hydrogen-bond acceptors (Lipinski definition) is 3. The molecule has 0 atom stereocenters. The standard InChI is InChI=1S/C23H26N2O/c1-26-22-11-9-19(10-12-22)17-24-13-15-25(16-14-24)18-21-7-4-6-20-5-2-3-8-23(20)21/h2-12H,13-18H2,1H3. The highest BCUT2D eigenvalue weighted by atomic mass is 16.5. The molecule has 0 aliphatic carbocycles. The lowest BCUT2D eigenvalue weighted by atomic mass is 10.0. The Labute approximate surface area is 155 Å². The minimum atomic E-state index is 0.925. The van der Waals surface area contributed by atoms with E-state index in [0.29, 0.717) is 0 Å². The number of rotatable bonds is 5. The summed E-state index contributed by atoms with van der Waals surface area (Å²) in [6.07, 6.45) is 0. The molecule has 134 valence electrons. The fourth-order valence-corrected chi connectivity index (χ4v) is 3.77. The number of fused-ring (bicyclic) bond motifs is 1. The zero-order chi connectivity index (χ0) is 17.8. The number of methoxy groups -OCH3 is 1. The first kappa shape index (κ1) is 17.1. The highest BCUT2D eigenvalue weighted by Crippen LogP contribution is 2.21. The van der Waals surface area contributed by atoms with Gasteiger partial charge in [-0.25, -0.2) is 0 Å². The SMILES string of the molecule is COc1ccc(CN2CCN(Cc3cccc4ccccc34)CC2)cc1. The van der Waals surface area contributed by atoms with Gasteiger partial charge in [-0.15, -0.1) is 0 Å². The van der Waals surface area contributed by atoms with E-state index in [9.17, 15) is 0 Å². The van der Waals surface area contributed by atoms with Crippen molar-refractivity contribution in [3.8, 4) is 5.75 Å². The first-order valence-corrected chi connectivity index (χ1v) is 9.36. The second-order valence-corrected chi connectivity index (χ2v) is 7.04. The molecule has 0 unspecified atom stereocenters. The van der Waals surface area contributed by atoms with Crippen LogP contribution in [0.15, 0.2) is 66.7 Å². The Hall–Kier alpha value is -2.36. The van der Waals surface area contributed by atoms with Gasteiger partial charge in [0.15, 0.2) is 0 Å². The van der Waals surface area contributed by atoms with Gasteiger partial charge < -0.3 is 4.74 Å². The number of piperazine rings is 1. The molecule has 0 bridgehead atoms. The Kier molecular flexibility index (Phi) is 5.19. The average molecular weight is 346 g/mol. The van der Waals surface area contributed by atoms with Crippen LogP contribution in [0.2, 0.25) is 0 Å². The summed E-state index contributed by atoms with van der Waals surface area (Å²) in [5.74, 6) is 0.925. The van der Waals surface area contributed by atoms with Crippen LogP contribution in [0.3, 0.4) is 0 Å². The molecular weight excluding hydrogens is 320 g/mol. The van der Waals surface area contributed by atoms with Crippen LogP contribution < -0.4 is 4.74 Å². The summed E-state index contributed by atoms with van der Waals surface area (Å²) in [5, 5.41) is 2.72. The maximum absolute atomic E-state index is 5.24. The Morgan fingerprint density at radius 3 is 2.12 bits per heavy atom. The third kappa shape index (κ3) is 3.90. The third-order valence-corrected chi connectivity index (χ3v) is 5.30. The molecular formula is C23H26N2O. The van der Waals surface area contributed by atoms with Crippen molar-refractivity contribution < 1.29 is 4.74 Å². The van der Waals surface area contributed by atoms with E-state index in [0.717, 1.165) is 45.0 Å². The fraction of sp³-hybridized carbons (Fsp3) is 0.304. The summed E-state index contributed by atoms with van der Waals surface area (Å²) in [4.78, 5) is 5.12. The van der Waals surface area contributed by atoms with Crippen LogP contribution in [-0.2, 0) is 13.1 Å². The highest BCUT2D eigenvalue weighted by Gasteiger charge is 2.17. The molecule has 3 nitrogen and oxygen atoms in total. The van der Waals surface area contributed by atoms with E-state index >= 15 is 0 Å². The van der Waals surface area contributed by atoms with Crippen LogP contribution in [0.25, 0.3) is 10.8 Å². The Balaban J connectivity index is 1.34. The van der Waals surface area contributed by atoms with Gasteiger partial charge >= 0.3 is 0 Å². The summed E-state index contributed by atoms with van der Waals surface area (Å²) < 4.78 is 5.24. The minimum absolute atomic E-state index is 0.925. The molecule has 1 heterocycles. The van der Waals surface area contributed by atoms with Crippen molar-refractivity contribution >= 4 is 10.8 Å². The molecule has 0 N–H and O–H groups in total. The second-order valence-electron chi connectivity index (χ2n) is 7.04. The molecule has 1 aliphatic rings. The lowest BCUT2D eigenvalue weighted by Crippen LogP contribution is -2.45. The smallest absolute Gasteiger partial charge is 0.118 e. The van der Waals surface area contributed by atoms with Gasteiger partial charge in [0.25, 0.3) is 0 Å². The molecule has 0 aromatic heterocycles. The van der Waals surface area contributed by atoms with Crippen molar-refractivity contribution in [2.75, 3.05) is 33.3 Å². The predicted octanol–water partition coefficient (Wildman–Crippen LogP) is 4.17. The van der Waals surface area contributed by atoms with Crippen molar-refractivity contribution in [2.24, 2.45) is 0 Å². The van der Waals surface area contributed by atoms with Gasteiger partial charge in [-0.1, -0.05) is 54.6 Å². The van der Waals surface area contributed by atoms with Crippen LogP contribution in [0, 0.1) is 0 Å². The molecule has 4 rings (SSSR count). The lowest BCUT2D eigenvalue weighted by molar-refractivity contribution is 0.122. The third-order valence-electron chi connectivity index (χ3n) is 5.30.